The van der Waals surface area contributed by atoms with Gasteiger partial charge in [0.05, 0.1) is 11.3 Å². The van der Waals surface area contributed by atoms with Crippen molar-refractivity contribution in [2.45, 2.75) is 26.4 Å². The highest BCUT2D eigenvalue weighted by Crippen LogP contribution is 2.05. The van der Waals surface area contributed by atoms with Gasteiger partial charge < -0.3 is 15.3 Å². The van der Waals surface area contributed by atoms with E-state index in [1.54, 1.807) is 12.1 Å². The average Bonchev–Trinajstić information content (AvgIpc) is 2.34. The van der Waals surface area contributed by atoms with Crippen molar-refractivity contribution in [1.82, 2.24) is 15.2 Å². The van der Waals surface area contributed by atoms with Crippen LogP contribution >= 0.6 is 0 Å². The number of aromatic nitrogens is 1. The van der Waals surface area contributed by atoms with Crippen LogP contribution in [0.3, 0.4) is 0 Å². The van der Waals surface area contributed by atoms with Gasteiger partial charge in [-0.1, -0.05) is 13.8 Å². The molecule has 0 amide bonds. The lowest BCUT2D eigenvalue weighted by Crippen LogP contribution is -2.41. The van der Waals surface area contributed by atoms with Crippen LogP contribution < -0.4 is 5.32 Å². The molecule has 19 heavy (non-hydrogen) atoms. The van der Waals surface area contributed by atoms with Crippen molar-refractivity contribution in [2.75, 3.05) is 20.6 Å². The molecule has 1 aromatic rings. The van der Waals surface area contributed by atoms with E-state index in [2.05, 4.69) is 43.1 Å². The maximum absolute atomic E-state index is 10.7. The predicted octanol–water partition coefficient (Wildman–Crippen LogP) is 1.46. The van der Waals surface area contributed by atoms with E-state index >= 15 is 0 Å². The minimum atomic E-state index is -0.945. The van der Waals surface area contributed by atoms with Crippen molar-refractivity contribution in [3.63, 3.8) is 0 Å². The van der Waals surface area contributed by atoms with Gasteiger partial charge in [-0.2, -0.15) is 0 Å². The predicted molar refractivity (Wildman–Crippen MR) is 75.2 cm³/mol. The number of hydrogen-bond acceptors (Lipinski definition) is 4. The highest BCUT2D eigenvalue weighted by atomic mass is 16.4. The fraction of sp³-hybridized carbons (Fsp3) is 0.571. The third-order valence-electron chi connectivity index (χ3n) is 2.98. The number of nitrogens with one attached hydrogen (secondary N) is 1. The Labute approximate surface area is 114 Å². The molecule has 0 aromatic carbocycles. The molecule has 0 aliphatic rings. The molecule has 0 bridgehead atoms. The molecule has 1 rings (SSSR count). The van der Waals surface area contributed by atoms with Crippen LogP contribution in [0, 0.1) is 5.92 Å². The number of carbonyl (C=O) groups is 1. The minimum Gasteiger partial charge on any atom is -0.478 e. The largest absolute Gasteiger partial charge is 0.478 e. The molecular weight excluding hydrogens is 242 g/mol. The third-order valence-corrected chi connectivity index (χ3v) is 2.98. The normalized spacial score (nSPS) is 12.9. The average molecular weight is 265 g/mol. The van der Waals surface area contributed by atoms with Gasteiger partial charge in [0, 0.05) is 25.3 Å². The fourth-order valence-corrected chi connectivity index (χ4v) is 1.80. The molecule has 0 fully saturated rings. The Kier molecular flexibility index (Phi) is 5.92. The molecule has 0 saturated heterocycles. The molecule has 0 aliphatic heterocycles. The van der Waals surface area contributed by atoms with Gasteiger partial charge in [-0.15, -0.1) is 0 Å². The van der Waals surface area contributed by atoms with Gasteiger partial charge in [0.25, 0.3) is 0 Å². The maximum Gasteiger partial charge on any atom is 0.337 e. The first-order valence-corrected chi connectivity index (χ1v) is 6.46. The fourth-order valence-electron chi connectivity index (χ4n) is 1.80. The number of carboxylic acids is 1. The summed E-state index contributed by atoms with van der Waals surface area (Å²) in [6.07, 6.45) is 1.40. The Balaban J connectivity index is 2.56. The Hall–Kier alpha value is -1.46. The summed E-state index contributed by atoms with van der Waals surface area (Å²) < 4.78 is 0. The number of aromatic carboxylic acids is 1. The molecule has 5 heteroatoms. The molecule has 0 spiro atoms. The highest BCUT2D eigenvalue weighted by Gasteiger charge is 2.13. The lowest BCUT2D eigenvalue weighted by atomic mass is 10.0. The molecule has 1 unspecified atom stereocenters. The van der Waals surface area contributed by atoms with Crippen LogP contribution in [0.5, 0.6) is 0 Å². The van der Waals surface area contributed by atoms with Gasteiger partial charge in [0.15, 0.2) is 0 Å². The molecule has 0 radical (unpaired) electrons. The van der Waals surface area contributed by atoms with Crippen molar-refractivity contribution in [2.24, 2.45) is 5.92 Å². The number of rotatable bonds is 7. The monoisotopic (exact) mass is 265 g/mol. The van der Waals surface area contributed by atoms with Gasteiger partial charge in [-0.3, -0.25) is 4.98 Å². The Bertz CT molecular complexity index is 402. The summed E-state index contributed by atoms with van der Waals surface area (Å²) in [5.74, 6) is -0.416. The number of carboxylic acid groups (broad SMARTS) is 1. The first-order chi connectivity index (χ1) is 8.90. The zero-order valence-corrected chi connectivity index (χ0v) is 12.1. The lowest BCUT2D eigenvalue weighted by molar-refractivity contribution is 0.0696. The number of likely N-dealkylation sites (N-methyl/N-ethyl adjacent to an activating group) is 1. The zero-order valence-electron chi connectivity index (χ0n) is 12.1. The van der Waals surface area contributed by atoms with Crippen molar-refractivity contribution >= 4 is 5.97 Å². The molecule has 0 aliphatic carbocycles. The number of pyridine rings is 1. The minimum absolute atomic E-state index is 0.220. The molecule has 106 valence electrons. The van der Waals surface area contributed by atoms with Crippen molar-refractivity contribution in [3.8, 4) is 0 Å². The highest BCUT2D eigenvalue weighted by molar-refractivity contribution is 5.87. The Morgan fingerprint density at radius 2 is 2.11 bits per heavy atom. The van der Waals surface area contributed by atoms with E-state index in [-0.39, 0.29) is 5.56 Å². The maximum atomic E-state index is 10.7. The van der Waals surface area contributed by atoms with Crippen LogP contribution in [0.15, 0.2) is 18.3 Å². The van der Waals surface area contributed by atoms with Gasteiger partial charge in [0.2, 0.25) is 0 Å². The molecule has 0 saturated carbocycles. The van der Waals surface area contributed by atoms with Crippen molar-refractivity contribution < 1.29 is 9.90 Å². The number of nitrogens with zero attached hydrogens (tertiary/aromatic N) is 2. The lowest BCUT2D eigenvalue weighted by Gasteiger charge is -2.25. The van der Waals surface area contributed by atoms with Crippen LogP contribution in [0.2, 0.25) is 0 Å². The van der Waals surface area contributed by atoms with Crippen LogP contribution in [0.1, 0.15) is 29.9 Å². The number of hydrogen-bond donors (Lipinski definition) is 2. The summed E-state index contributed by atoms with van der Waals surface area (Å²) in [7, 11) is 4.11. The van der Waals surface area contributed by atoms with E-state index in [1.807, 2.05) is 0 Å². The molecule has 1 heterocycles. The van der Waals surface area contributed by atoms with Crippen LogP contribution in [0.4, 0.5) is 0 Å². The van der Waals surface area contributed by atoms with Gasteiger partial charge in [0.1, 0.15) is 0 Å². The van der Waals surface area contributed by atoms with Gasteiger partial charge in [-0.05, 0) is 32.1 Å². The summed E-state index contributed by atoms with van der Waals surface area (Å²) in [4.78, 5) is 17.0. The van der Waals surface area contributed by atoms with Gasteiger partial charge in [-0.25, -0.2) is 4.79 Å². The molecule has 2 N–H and O–H groups in total. The van der Waals surface area contributed by atoms with Crippen LogP contribution in [0.25, 0.3) is 0 Å². The Morgan fingerprint density at radius 3 is 2.53 bits per heavy atom. The standard InChI is InChI=1S/C14H23N3O2/c1-10(2)13(9-17(3)4)16-8-12-6-5-11(7-15-12)14(18)19/h5-7,10,13,16H,8-9H2,1-4H3,(H,18,19). The smallest absolute Gasteiger partial charge is 0.337 e. The van der Waals surface area contributed by atoms with Crippen molar-refractivity contribution in [1.29, 1.82) is 0 Å². The summed E-state index contributed by atoms with van der Waals surface area (Å²) in [6.45, 7) is 5.98. The van der Waals surface area contributed by atoms with E-state index in [4.69, 9.17) is 5.11 Å². The van der Waals surface area contributed by atoms with Crippen LogP contribution in [-0.2, 0) is 6.54 Å². The Morgan fingerprint density at radius 1 is 1.42 bits per heavy atom. The molecular formula is C14H23N3O2. The third kappa shape index (κ3) is 5.36. The topological polar surface area (TPSA) is 65.5 Å². The quantitative estimate of drug-likeness (QED) is 0.781. The van der Waals surface area contributed by atoms with E-state index < -0.39 is 5.97 Å². The van der Waals surface area contributed by atoms with Crippen LogP contribution in [-0.4, -0.2) is 47.6 Å². The summed E-state index contributed by atoms with van der Waals surface area (Å²) in [5, 5.41) is 12.3. The van der Waals surface area contributed by atoms with E-state index in [1.165, 1.54) is 6.20 Å². The van der Waals surface area contributed by atoms with E-state index in [0.29, 0.717) is 18.5 Å². The first-order valence-electron chi connectivity index (χ1n) is 6.46. The second-order valence-electron chi connectivity index (χ2n) is 5.34. The molecule has 1 aromatic heterocycles. The van der Waals surface area contributed by atoms with E-state index in [9.17, 15) is 4.79 Å². The second-order valence-corrected chi connectivity index (χ2v) is 5.34. The summed E-state index contributed by atoms with van der Waals surface area (Å²) in [5.41, 5.74) is 1.08. The SMILES string of the molecule is CC(C)C(CN(C)C)NCc1ccc(C(=O)O)cn1. The zero-order chi connectivity index (χ0) is 14.4. The van der Waals surface area contributed by atoms with Gasteiger partial charge >= 0.3 is 5.97 Å². The molecule has 5 nitrogen and oxygen atoms in total. The second kappa shape index (κ2) is 7.21. The first kappa shape index (κ1) is 15.6. The van der Waals surface area contributed by atoms with Crippen molar-refractivity contribution in [3.05, 3.63) is 29.6 Å². The molecule has 1 atom stereocenters. The summed E-state index contributed by atoms with van der Waals surface area (Å²) >= 11 is 0. The summed E-state index contributed by atoms with van der Waals surface area (Å²) in [6, 6.07) is 3.72. The van der Waals surface area contributed by atoms with E-state index in [0.717, 1.165) is 12.2 Å².